The minimum absolute atomic E-state index is 0.0205. The van der Waals surface area contributed by atoms with Crippen molar-refractivity contribution in [1.29, 1.82) is 0 Å². The van der Waals surface area contributed by atoms with Crippen molar-refractivity contribution in [3.05, 3.63) is 28.9 Å². The molecule has 112 valence electrons. The number of nitrogens with two attached hydrogens (primary N) is 1. The summed E-state index contributed by atoms with van der Waals surface area (Å²) in [5, 5.41) is 1.14. The van der Waals surface area contributed by atoms with Gasteiger partial charge >= 0.3 is 0 Å². The van der Waals surface area contributed by atoms with Crippen molar-refractivity contribution >= 4 is 44.8 Å². The largest absolute Gasteiger partial charge is 0.397 e. The number of nitrogens with zero attached hydrogens (tertiary/aromatic N) is 1. The lowest BCUT2D eigenvalue weighted by atomic mass is 10.2. The summed E-state index contributed by atoms with van der Waals surface area (Å²) < 4.78 is 14.2. The van der Waals surface area contributed by atoms with E-state index in [4.69, 9.17) is 5.73 Å². The summed E-state index contributed by atoms with van der Waals surface area (Å²) in [6.45, 7) is 3.66. The molecule has 0 bridgehead atoms. The molecule has 0 radical (unpaired) electrons. The molecular weight excluding hydrogens is 307 g/mol. The van der Waals surface area contributed by atoms with Crippen LogP contribution in [0.25, 0.3) is 10.1 Å². The fourth-order valence-corrected chi connectivity index (χ4v) is 4.79. The maximum Gasteiger partial charge on any atom is 0.266 e. The van der Waals surface area contributed by atoms with Gasteiger partial charge in [-0.3, -0.25) is 4.79 Å². The fourth-order valence-electron chi connectivity index (χ4n) is 2.54. The molecule has 6 heteroatoms. The van der Waals surface area contributed by atoms with E-state index in [2.05, 4.69) is 6.92 Å². The third-order valence-corrected chi connectivity index (χ3v) is 6.31. The molecular formula is C15H17FN2OS2. The van der Waals surface area contributed by atoms with Crippen molar-refractivity contribution < 1.29 is 9.18 Å². The molecule has 1 aliphatic heterocycles. The fraction of sp³-hybridized carbons (Fsp3) is 0.400. The SMILES string of the molecule is CCC1CN(C(=O)c2sc3ccc(F)cc3c2N)CCS1. The third-order valence-electron chi connectivity index (χ3n) is 3.76. The average Bonchev–Trinajstić information content (AvgIpc) is 2.83. The Labute approximate surface area is 131 Å². The zero-order chi connectivity index (χ0) is 15.0. The number of hydrogen-bond acceptors (Lipinski definition) is 4. The number of anilines is 1. The molecule has 21 heavy (non-hydrogen) atoms. The zero-order valence-electron chi connectivity index (χ0n) is 11.8. The van der Waals surface area contributed by atoms with Gasteiger partial charge in [-0.2, -0.15) is 11.8 Å². The average molecular weight is 324 g/mol. The Kier molecular flexibility index (Phi) is 4.08. The Morgan fingerprint density at radius 1 is 1.52 bits per heavy atom. The number of thioether (sulfide) groups is 1. The summed E-state index contributed by atoms with van der Waals surface area (Å²) in [5.74, 6) is 0.614. The van der Waals surface area contributed by atoms with Crippen molar-refractivity contribution in [2.24, 2.45) is 0 Å². The quantitative estimate of drug-likeness (QED) is 0.918. The third kappa shape index (κ3) is 2.74. The van der Waals surface area contributed by atoms with Gasteiger partial charge < -0.3 is 10.6 Å². The molecule has 1 saturated heterocycles. The highest BCUT2D eigenvalue weighted by Gasteiger charge is 2.27. The lowest BCUT2D eigenvalue weighted by Crippen LogP contribution is -2.41. The topological polar surface area (TPSA) is 46.3 Å². The molecule has 1 unspecified atom stereocenters. The number of carbonyl (C=O) groups is 1. The van der Waals surface area contributed by atoms with Crippen molar-refractivity contribution in [1.82, 2.24) is 4.90 Å². The number of benzene rings is 1. The molecule has 0 aliphatic carbocycles. The number of nitrogen functional groups attached to an aromatic ring is 1. The van der Waals surface area contributed by atoms with Crippen LogP contribution in [0.15, 0.2) is 18.2 Å². The Morgan fingerprint density at radius 3 is 3.10 bits per heavy atom. The number of halogens is 1. The van der Waals surface area contributed by atoms with Gasteiger partial charge in [0, 0.05) is 34.2 Å². The second kappa shape index (κ2) is 5.85. The lowest BCUT2D eigenvalue weighted by molar-refractivity contribution is 0.0767. The maximum absolute atomic E-state index is 13.3. The Morgan fingerprint density at radius 2 is 2.33 bits per heavy atom. The van der Waals surface area contributed by atoms with Crippen LogP contribution >= 0.6 is 23.1 Å². The van der Waals surface area contributed by atoms with Gasteiger partial charge in [0.05, 0.1) is 5.69 Å². The van der Waals surface area contributed by atoms with Gasteiger partial charge in [0.1, 0.15) is 10.7 Å². The molecule has 2 N–H and O–H groups in total. The highest BCUT2D eigenvalue weighted by Crippen LogP contribution is 2.35. The summed E-state index contributed by atoms with van der Waals surface area (Å²) in [6, 6.07) is 4.49. The number of hydrogen-bond donors (Lipinski definition) is 1. The lowest BCUT2D eigenvalue weighted by Gasteiger charge is -2.31. The first-order valence-electron chi connectivity index (χ1n) is 6.98. The molecule has 1 aromatic carbocycles. The molecule has 3 rings (SSSR count). The van der Waals surface area contributed by atoms with Crippen LogP contribution in [-0.2, 0) is 0 Å². The number of fused-ring (bicyclic) bond motifs is 1. The van der Waals surface area contributed by atoms with Crippen molar-refractivity contribution in [2.45, 2.75) is 18.6 Å². The predicted molar refractivity (Wildman–Crippen MR) is 88.6 cm³/mol. The van der Waals surface area contributed by atoms with Crippen LogP contribution in [0.1, 0.15) is 23.0 Å². The molecule has 2 aromatic rings. The van der Waals surface area contributed by atoms with Crippen LogP contribution in [0.3, 0.4) is 0 Å². The van der Waals surface area contributed by atoms with E-state index in [1.54, 1.807) is 6.07 Å². The Balaban J connectivity index is 1.92. The maximum atomic E-state index is 13.3. The summed E-state index contributed by atoms with van der Waals surface area (Å²) in [6.07, 6.45) is 1.06. The van der Waals surface area contributed by atoms with Crippen LogP contribution in [0, 0.1) is 5.82 Å². The smallest absolute Gasteiger partial charge is 0.266 e. The second-order valence-electron chi connectivity index (χ2n) is 5.14. The molecule has 1 aliphatic rings. The first-order valence-corrected chi connectivity index (χ1v) is 8.85. The van der Waals surface area contributed by atoms with Gasteiger partial charge in [0.2, 0.25) is 0 Å². The summed E-state index contributed by atoms with van der Waals surface area (Å²) in [7, 11) is 0. The van der Waals surface area contributed by atoms with Crippen LogP contribution < -0.4 is 5.73 Å². The van der Waals surface area contributed by atoms with Gasteiger partial charge in [0.15, 0.2) is 0 Å². The molecule has 0 saturated carbocycles. The summed E-state index contributed by atoms with van der Waals surface area (Å²) in [5.41, 5.74) is 6.48. The van der Waals surface area contributed by atoms with E-state index in [1.165, 1.54) is 23.5 Å². The molecule has 1 amide bonds. The second-order valence-corrected chi connectivity index (χ2v) is 7.60. The Hall–Kier alpha value is -1.27. The molecule has 1 fully saturated rings. The van der Waals surface area contributed by atoms with E-state index in [1.807, 2.05) is 16.7 Å². The van der Waals surface area contributed by atoms with Gasteiger partial charge in [-0.05, 0) is 24.6 Å². The number of thiophene rings is 1. The van der Waals surface area contributed by atoms with Gasteiger partial charge in [-0.1, -0.05) is 6.92 Å². The number of amides is 1. The molecule has 3 nitrogen and oxygen atoms in total. The van der Waals surface area contributed by atoms with E-state index in [9.17, 15) is 9.18 Å². The normalized spacial score (nSPS) is 19.1. The molecule has 1 atom stereocenters. The predicted octanol–water partition coefficient (Wildman–Crippen LogP) is 3.59. The first kappa shape index (κ1) is 14.7. The number of carbonyl (C=O) groups excluding carboxylic acids is 1. The molecule has 1 aromatic heterocycles. The van der Waals surface area contributed by atoms with E-state index in [0.29, 0.717) is 21.2 Å². The first-order chi connectivity index (χ1) is 10.1. The van der Waals surface area contributed by atoms with Crippen molar-refractivity contribution in [3.63, 3.8) is 0 Å². The molecule has 0 spiro atoms. The highest BCUT2D eigenvalue weighted by atomic mass is 32.2. The van der Waals surface area contributed by atoms with Crippen LogP contribution in [0.4, 0.5) is 10.1 Å². The zero-order valence-corrected chi connectivity index (χ0v) is 13.4. The van der Waals surface area contributed by atoms with E-state index in [-0.39, 0.29) is 11.7 Å². The van der Waals surface area contributed by atoms with E-state index >= 15 is 0 Å². The minimum Gasteiger partial charge on any atom is -0.397 e. The van der Waals surface area contributed by atoms with E-state index in [0.717, 1.165) is 30.0 Å². The van der Waals surface area contributed by atoms with Gasteiger partial charge in [-0.15, -0.1) is 11.3 Å². The van der Waals surface area contributed by atoms with Crippen LogP contribution in [0.2, 0.25) is 0 Å². The van der Waals surface area contributed by atoms with Gasteiger partial charge in [0.25, 0.3) is 5.91 Å². The molecule has 2 heterocycles. The van der Waals surface area contributed by atoms with Crippen molar-refractivity contribution in [3.8, 4) is 0 Å². The van der Waals surface area contributed by atoms with Crippen LogP contribution in [-0.4, -0.2) is 34.9 Å². The standard InChI is InChI=1S/C15H17FN2OS2/c1-2-10-8-18(5-6-20-10)15(19)14-13(17)11-7-9(16)3-4-12(11)21-14/h3-4,7,10H,2,5-6,8,17H2,1H3. The minimum atomic E-state index is -0.327. The highest BCUT2D eigenvalue weighted by molar-refractivity contribution is 8.00. The van der Waals surface area contributed by atoms with E-state index < -0.39 is 0 Å². The van der Waals surface area contributed by atoms with Crippen molar-refractivity contribution in [2.75, 3.05) is 24.6 Å². The van der Waals surface area contributed by atoms with Gasteiger partial charge in [-0.25, -0.2) is 4.39 Å². The monoisotopic (exact) mass is 324 g/mol. The summed E-state index contributed by atoms with van der Waals surface area (Å²) in [4.78, 5) is 15.1. The summed E-state index contributed by atoms with van der Waals surface area (Å²) >= 11 is 3.27. The van der Waals surface area contributed by atoms with Crippen LogP contribution in [0.5, 0.6) is 0 Å². The number of rotatable bonds is 2. The Bertz CT molecular complexity index is 686.